The van der Waals surface area contributed by atoms with Gasteiger partial charge >= 0.3 is 0 Å². The highest BCUT2D eigenvalue weighted by molar-refractivity contribution is 5.94. The van der Waals surface area contributed by atoms with Gasteiger partial charge in [-0.05, 0) is 18.2 Å². The molecule has 0 bridgehead atoms. The van der Waals surface area contributed by atoms with Gasteiger partial charge < -0.3 is 14.8 Å². The number of ether oxygens (including phenoxy) is 2. The molecule has 1 atom stereocenters. The van der Waals surface area contributed by atoms with E-state index in [1.165, 1.54) is 7.11 Å². The van der Waals surface area contributed by atoms with Crippen LogP contribution in [0.3, 0.4) is 0 Å². The molecule has 4 nitrogen and oxygen atoms in total. The molecule has 26 heavy (non-hydrogen) atoms. The summed E-state index contributed by atoms with van der Waals surface area (Å²) in [5, 5.41) is 2.13. The molecule has 0 unspecified atom stereocenters. The Balaban J connectivity index is 1.71. The maximum Gasteiger partial charge on any atom is 0.257 e. The van der Waals surface area contributed by atoms with Crippen LogP contribution < -0.4 is 14.8 Å². The van der Waals surface area contributed by atoms with Gasteiger partial charge in [0.2, 0.25) is 5.82 Å². The fourth-order valence-electron chi connectivity index (χ4n) is 2.64. The average Bonchev–Trinajstić information content (AvgIpc) is 3.05. The first kappa shape index (κ1) is 18.0. The standard InChI is InChI=1S/C17H12F5NO3/c1-25-8-2-3-10-7(4-8)5-9(26-10)6-23-17(24)11-12(18)14(20)16(22)15(21)13(11)19/h2-4,9H,5-6H2,1H3,(H,23,24)/t9-/m0/s1. The summed E-state index contributed by atoms with van der Waals surface area (Å²) in [6, 6.07) is 5.08. The van der Waals surface area contributed by atoms with Crippen LogP contribution in [0.2, 0.25) is 0 Å². The van der Waals surface area contributed by atoms with E-state index in [1.807, 2.05) is 0 Å². The van der Waals surface area contributed by atoms with Crippen LogP contribution in [0.25, 0.3) is 0 Å². The smallest absolute Gasteiger partial charge is 0.257 e. The summed E-state index contributed by atoms with van der Waals surface area (Å²) < 4.78 is 77.3. The monoisotopic (exact) mass is 373 g/mol. The summed E-state index contributed by atoms with van der Waals surface area (Å²) in [4.78, 5) is 11.9. The first-order valence-corrected chi connectivity index (χ1v) is 7.46. The summed E-state index contributed by atoms with van der Waals surface area (Å²) in [6.07, 6.45) is -0.175. The second-order valence-electron chi connectivity index (χ2n) is 5.57. The molecule has 2 aromatic rings. The van der Waals surface area contributed by atoms with E-state index in [2.05, 4.69) is 5.32 Å². The minimum atomic E-state index is -2.32. The van der Waals surface area contributed by atoms with Gasteiger partial charge in [0, 0.05) is 12.0 Å². The fraction of sp³-hybridized carbons (Fsp3) is 0.235. The Labute approximate surface area is 144 Å². The summed E-state index contributed by atoms with van der Waals surface area (Å²) in [6.45, 7) is -0.185. The number of hydrogen-bond acceptors (Lipinski definition) is 3. The normalized spacial score (nSPS) is 15.4. The van der Waals surface area contributed by atoms with Gasteiger partial charge in [-0.3, -0.25) is 4.79 Å². The number of benzene rings is 2. The predicted molar refractivity (Wildman–Crippen MR) is 79.7 cm³/mol. The molecule has 1 N–H and O–H groups in total. The number of amides is 1. The molecule has 0 aromatic heterocycles. The summed E-state index contributed by atoms with van der Waals surface area (Å²) >= 11 is 0. The molecule has 0 spiro atoms. The highest BCUT2D eigenvalue weighted by Crippen LogP contribution is 2.31. The zero-order chi connectivity index (χ0) is 19.0. The van der Waals surface area contributed by atoms with Crippen molar-refractivity contribution in [1.82, 2.24) is 5.32 Å². The second-order valence-corrected chi connectivity index (χ2v) is 5.57. The molecule has 138 valence electrons. The molecule has 3 rings (SSSR count). The van der Waals surface area contributed by atoms with Crippen LogP contribution in [-0.4, -0.2) is 25.7 Å². The Bertz CT molecular complexity index is 858. The van der Waals surface area contributed by atoms with Crippen molar-refractivity contribution in [3.05, 3.63) is 58.4 Å². The zero-order valence-corrected chi connectivity index (χ0v) is 13.3. The molecular formula is C17H12F5NO3. The summed E-state index contributed by atoms with van der Waals surface area (Å²) in [5.74, 6) is -11.3. The maximum absolute atomic E-state index is 13.6. The van der Waals surface area contributed by atoms with E-state index < -0.39 is 46.7 Å². The zero-order valence-electron chi connectivity index (χ0n) is 13.3. The van der Waals surface area contributed by atoms with Gasteiger partial charge in [0.25, 0.3) is 5.91 Å². The number of fused-ring (bicyclic) bond motifs is 1. The van der Waals surface area contributed by atoms with Crippen molar-refractivity contribution in [3.63, 3.8) is 0 Å². The van der Waals surface area contributed by atoms with E-state index in [-0.39, 0.29) is 6.54 Å². The van der Waals surface area contributed by atoms with Crippen molar-refractivity contribution in [2.75, 3.05) is 13.7 Å². The Hall–Kier alpha value is -2.84. The molecule has 0 fully saturated rings. The predicted octanol–water partition coefficient (Wildman–Crippen LogP) is 3.12. The average molecular weight is 373 g/mol. The van der Waals surface area contributed by atoms with Crippen molar-refractivity contribution in [2.45, 2.75) is 12.5 Å². The first-order chi connectivity index (χ1) is 12.3. The molecule has 2 aromatic carbocycles. The Kier molecular flexibility index (Phi) is 4.71. The number of hydrogen-bond donors (Lipinski definition) is 1. The highest BCUT2D eigenvalue weighted by Gasteiger charge is 2.31. The number of rotatable bonds is 4. The van der Waals surface area contributed by atoms with Crippen molar-refractivity contribution in [3.8, 4) is 11.5 Å². The molecule has 0 saturated carbocycles. The lowest BCUT2D eigenvalue weighted by Crippen LogP contribution is -2.35. The van der Waals surface area contributed by atoms with Crippen LogP contribution in [0, 0.1) is 29.1 Å². The molecule has 0 aliphatic carbocycles. The van der Waals surface area contributed by atoms with Gasteiger partial charge in [-0.2, -0.15) is 0 Å². The summed E-state index contributed by atoms with van der Waals surface area (Å²) in [5.41, 5.74) is -0.724. The van der Waals surface area contributed by atoms with Gasteiger partial charge in [-0.1, -0.05) is 0 Å². The number of methoxy groups -OCH3 is 1. The first-order valence-electron chi connectivity index (χ1n) is 7.46. The molecule has 1 amide bonds. The lowest BCUT2D eigenvalue weighted by Gasteiger charge is -2.13. The minimum Gasteiger partial charge on any atom is -0.497 e. The second kappa shape index (κ2) is 6.81. The van der Waals surface area contributed by atoms with Gasteiger partial charge in [-0.25, -0.2) is 22.0 Å². The fourth-order valence-corrected chi connectivity index (χ4v) is 2.64. The molecule has 1 aliphatic rings. The number of carbonyl (C=O) groups is 1. The minimum absolute atomic E-state index is 0.185. The molecule has 1 aliphatic heterocycles. The summed E-state index contributed by atoms with van der Waals surface area (Å²) in [7, 11) is 1.50. The van der Waals surface area contributed by atoms with E-state index in [4.69, 9.17) is 9.47 Å². The van der Waals surface area contributed by atoms with Crippen LogP contribution in [-0.2, 0) is 6.42 Å². The van der Waals surface area contributed by atoms with Crippen molar-refractivity contribution in [1.29, 1.82) is 0 Å². The third-order valence-corrected chi connectivity index (χ3v) is 3.94. The van der Waals surface area contributed by atoms with Crippen LogP contribution in [0.4, 0.5) is 22.0 Å². The van der Waals surface area contributed by atoms with E-state index in [9.17, 15) is 26.7 Å². The molecule has 1 heterocycles. The Morgan fingerprint density at radius 1 is 1.12 bits per heavy atom. The highest BCUT2D eigenvalue weighted by atomic mass is 19.2. The van der Waals surface area contributed by atoms with Gasteiger partial charge in [0.1, 0.15) is 23.2 Å². The molecule has 0 radical (unpaired) electrons. The lowest BCUT2D eigenvalue weighted by atomic mass is 10.1. The molecule has 9 heteroatoms. The lowest BCUT2D eigenvalue weighted by molar-refractivity contribution is 0.0921. The van der Waals surface area contributed by atoms with Crippen molar-refractivity contribution < 1.29 is 36.2 Å². The van der Waals surface area contributed by atoms with E-state index in [0.29, 0.717) is 17.9 Å². The Morgan fingerprint density at radius 2 is 1.73 bits per heavy atom. The number of halogens is 5. The van der Waals surface area contributed by atoms with Gasteiger partial charge in [0.15, 0.2) is 23.3 Å². The quantitative estimate of drug-likeness (QED) is 0.509. The van der Waals surface area contributed by atoms with Crippen LogP contribution in [0.15, 0.2) is 18.2 Å². The van der Waals surface area contributed by atoms with Crippen LogP contribution in [0.5, 0.6) is 11.5 Å². The van der Waals surface area contributed by atoms with Crippen LogP contribution >= 0.6 is 0 Å². The topological polar surface area (TPSA) is 47.6 Å². The van der Waals surface area contributed by atoms with E-state index in [1.54, 1.807) is 18.2 Å². The van der Waals surface area contributed by atoms with E-state index in [0.717, 1.165) is 5.56 Å². The van der Waals surface area contributed by atoms with Crippen molar-refractivity contribution >= 4 is 5.91 Å². The van der Waals surface area contributed by atoms with Gasteiger partial charge in [-0.15, -0.1) is 0 Å². The SMILES string of the molecule is COc1ccc2c(c1)C[C@@H](CNC(=O)c1c(F)c(F)c(F)c(F)c1F)O2. The third kappa shape index (κ3) is 3.04. The van der Waals surface area contributed by atoms with Crippen LogP contribution in [0.1, 0.15) is 15.9 Å². The molecular weight excluding hydrogens is 361 g/mol. The Morgan fingerprint density at radius 3 is 2.35 bits per heavy atom. The van der Waals surface area contributed by atoms with E-state index >= 15 is 0 Å². The third-order valence-electron chi connectivity index (χ3n) is 3.94. The van der Waals surface area contributed by atoms with Gasteiger partial charge in [0.05, 0.1) is 13.7 Å². The largest absolute Gasteiger partial charge is 0.497 e. The number of nitrogens with one attached hydrogen (secondary N) is 1. The number of carbonyl (C=O) groups excluding carboxylic acids is 1. The maximum atomic E-state index is 13.6. The van der Waals surface area contributed by atoms with Crippen molar-refractivity contribution in [2.24, 2.45) is 0 Å². The molecule has 0 saturated heterocycles.